The Kier molecular flexibility index (Phi) is 4.50. The summed E-state index contributed by atoms with van der Waals surface area (Å²) in [4.78, 5) is 22.1. The lowest BCUT2D eigenvalue weighted by molar-refractivity contribution is -0.250. The lowest BCUT2D eigenvalue weighted by Gasteiger charge is -2.07. The SMILES string of the molecule is O=C([O-])NCCNC(=O)c1nocc1-c1ccc(F)cc1. The minimum Gasteiger partial charge on any atom is -0.530 e. The molecule has 1 aromatic carbocycles. The molecule has 0 saturated carbocycles. The van der Waals surface area contributed by atoms with Crippen LogP contribution in [0.1, 0.15) is 10.5 Å². The number of hydrogen-bond donors (Lipinski definition) is 2. The molecule has 0 saturated heterocycles. The highest BCUT2D eigenvalue weighted by molar-refractivity contribution is 5.98. The van der Waals surface area contributed by atoms with Crippen molar-refractivity contribution in [2.45, 2.75) is 0 Å². The molecule has 0 atom stereocenters. The molecule has 0 bridgehead atoms. The first-order valence-electron chi connectivity index (χ1n) is 6.01. The zero-order valence-corrected chi connectivity index (χ0v) is 10.8. The number of carboxylic acid groups (broad SMARTS) is 1. The quantitative estimate of drug-likeness (QED) is 0.762. The molecule has 0 unspecified atom stereocenters. The normalized spacial score (nSPS) is 10.1. The van der Waals surface area contributed by atoms with Gasteiger partial charge in [-0.1, -0.05) is 17.3 Å². The fourth-order valence-corrected chi connectivity index (χ4v) is 1.66. The Bertz CT molecular complexity index is 639. The van der Waals surface area contributed by atoms with Crippen molar-refractivity contribution < 1.29 is 23.6 Å². The van der Waals surface area contributed by atoms with Gasteiger partial charge in [0.2, 0.25) is 0 Å². The third kappa shape index (κ3) is 3.78. The van der Waals surface area contributed by atoms with Crippen LogP contribution in [0.3, 0.4) is 0 Å². The molecule has 21 heavy (non-hydrogen) atoms. The van der Waals surface area contributed by atoms with Gasteiger partial charge >= 0.3 is 0 Å². The largest absolute Gasteiger partial charge is 0.530 e. The van der Waals surface area contributed by atoms with Crippen molar-refractivity contribution in [3.8, 4) is 11.1 Å². The van der Waals surface area contributed by atoms with E-state index in [-0.39, 0.29) is 18.8 Å². The van der Waals surface area contributed by atoms with E-state index < -0.39 is 17.8 Å². The zero-order valence-electron chi connectivity index (χ0n) is 10.8. The van der Waals surface area contributed by atoms with Gasteiger partial charge in [-0.05, 0) is 17.7 Å². The monoisotopic (exact) mass is 292 g/mol. The predicted octanol–water partition coefficient (Wildman–Crippen LogP) is 0.143. The van der Waals surface area contributed by atoms with Crippen molar-refractivity contribution >= 4 is 12.0 Å². The van der Waals surface area contributed by atoms with Crippen LogP contribution in [0.4, 0.5) is 9.18 Å². The molecule has 2 aromatic rings. The molecule has 0 aliphatic carbocycles. The minimum absolute atomic E-state index is 0.0117. The molecular weight excluding hydrogens is 281 g/mol. The number of nitrogens with zero attached hydrogens (tertiary/aromatic N) is 1. The molecule has 0 aliphatic heterocycles. The van der Waals surface area contributed by atoms with E-state index in [1.807, 2.05) is 5.32 Å². The minimum atomic E-state index is -1.42. The van der Waals surface area contributed by atoms with Gasteiger partial charge in [0, 0.05) is 13.1 Å². The van der Waals surface area contributed by atoms with Crippen molar-refractivity contribution in [2.24, 2.45) is 0 Å². The molecule has 110 valence electrons. The molecule has 0 fully saturated rings. The van der Waals surface area contributed by atoms with Crippen LogP contribution in [0.25, 0.3) is 11.1 Å². The molecule has 7 nitrogen and oxygen atoms in total. The molecule has 0 radical (unpaired) electrons. The molecule has 2 N–H and O–H groups in total. The van der Waals surface area contributed by atoms with Crippen molar-refractivity contribution in [3.05, 3.63) is 42.0 Å². The maximum atomic E-state index is 12.9. The summed E-state index contributed by atoms with van der Waals surface area (Å²) in [5.74, 6) is -0.919. The van der Waals surface area contributed by atoms with E-state index in [2.05, 4.69) is 10.5 Å². The van der Waals surface area contributed by atoms with Crippen LogP contribution < -0.4 is 15.7 Å². The van der Waals surface area contributed by atoms with Gasteiger partial charge in [-0.15, -0.1) is 0 Å². The smallest absolute Gasteiger partial charge is 0.274 e. The van der Waals surface area contributed by atoms with Crippen molar-refractivity contribution in [1.82, 2.24) is 15.8 Å². The Hall–Kier alpha value is -2.90. The number of halogens is 1. The zero-order chi connectivity index (χ0) is 15.2. The topological polar surface area (TPSA) is 107 Å². The summed E-state index contributed by atoms with van der Waals surface area (Å²) in [7, 11) is 0. The van der Waals surface area contributed by atoms with Crippen LogP contribution in [-0.4, -0.2) is 30.2 Å². The maximum Gasteiger partial charge on any atom is 0.274 e. The van der Waals surface area contributed by atoms with E-state index in [0.29, 0.717) is 11.1 Å². The van der Waals surface area contributed by atoms with Gasteiger partial charge in [-0.25, -0.2) is 4.39 Å². The average molecular weight is 292 g/mol. The summed E-state index contributed by atoms with van der Waals surface area (Å²) in [6.07, 6.45) is -0.139. The molecule has 1 heterocycles. The van der Waals surface area contributed by atoms with Crippen LogP contribution in [0, 0.1) is 5.82 Å². The number of hydrogen-bond acceptors (Lipinski definition) is 5. The van der Waals surface area contributed by atoms with Crippen LogP contribution >= 0.6 is 0 Å². The molecule has 2 amide bonds. The van der Waals surface area contributed by atoms with Gasteiger partial charge in [-0.2, -0.15) is 0 Å². The highest BCUT2D eigenvalue weighted by Crippen LogP contribution is 2.23. The average Bonchev–Trinajstić information content (AvgIpc) is 2.93. The third-order valence-electron chi connectivity index (χ3n) is 2.62. The summed E-state index contributed by atoms with van der Waals surface area (Å²) in [5.41, 5.74) is 1.03. The molecule has 2 rings (SSSR count). The van der Waals surface area contributed by atoms with Gasteiger partial charge in [0.05, 0.1) is 5.56 Å². The standard InChI is InChI=1S/C13H12FN3O4/c14-9-3-1-8(2-4-9)10-7-21-17-11(10)12(18)15-5-6-16-13(19)20/h1-4,7,16H,5-6H2,(H,15,18)(H,19,20)/p-1. The number of amides is 2. The predicted molar refractivity (Wildman–Crippen MR) is 67.6 cm³/mol. The molecule has 0 spiro atoms. The van der Waals surface area contributed by atoms with Crippen molar-refractivity contribution in [3.63, 3.8) is 0 Å². The number of nitrogens with one attached hydrogen (secondary N) is 2. The van der Waals surface area contributed by atoms with Gasteiger partial charge in [-0.3, -0.25) is 4.79 Å². The Balaban J connectivity index is 2.04. The number of carbonyl (C=O) groups is 2. The highest BCUT2D eigenvalue weighted by Gasteiger charge is 2.17. The maximum absolute atomic E-state index is 12.9. The Morgan fingerprint density at radius 3 is 2.52 bits per heavy atom. The van der Waals surface area contributed by atoms with Crippen LogP contribution in [0.5, 0.6) is 0 Å². The fourth-order valence-electron chi connectivity index (χ4n) is 1.66. The molecule has 1 aromatic heterocycles. The summed E-state index contributed by atoms with van der Waals surface area (Å²) in [5, 5.41) is 18.2. The second-order valence-electron chi connectivity index (χ2n) is 4.05. The van der Waals surface area contributed by atoms with E-state index in [0.717, 1.165) is 0 Å². The Morgan fingerprint density at radius 2 is 1.86 bits per heavy atom. The first-order valence-corrected chi connectivity index (χ1v) is 6.01. The summed E-state index contributed by atoms with van der Waals surface area (Å²) in [6, 6.07) is 5.51. The number of rotatable bonds is 5. The number of benzene rings is 1. The van der Waals surface area contributed by atoms with E-state index in [4.69, 9.17) is 4.52 Å². The second-order valence-corrected chi connectivity index (χ2v) is 4.05. The Morgan fingerprint density at radius 1 is 1.19 bits per heavy atom. The van der Waals surface area contributed by atoms with Gasteiger partial charge in [0.25, 0.3) is 5.91 Å². The van der Waals surface area contributed by atoms with Crippen LogP contribution in [-0.2, 0) is 0 Å². The number of aromatic nitrogens is 1. The van der Waals surface area contributed by atoms with E-state index in [1.54, 1.807) is 0 Å². The van der Waals surface area contributed by atoms with Crippen LogP contribution in [0.15, 0.2) is 35.1 Å². The first kappa shape index (κ1) is 14.5. The summed E-state index contributed by atoms with van der Waals surface area (Å²) >= 11 is 0. The second kappa shape index (κ2) is 6.51. The molecular formula is C13H11FN3O4-. The Labute approximate surface area is 118 Å². The van der Waals surface area contributed by atoms with E-state index >= 15 is 0 Å². The van der Waals surface area contributed by atoms with Gasteiger partial charge in [0.1, 0.15) is 18.2 Å². The molecule has 0 aliphatic rings. The lowest BCUT2D eigenvalue weighted by atomic mass is 10.1. The third-order valence-corrected chi connectivity index (χ3v) is 2.62. The molecule has 8 heteroatoms. The lowest BCUT2D eigenvalue weighted by Crippen LogP contribution is -2.41. The van der Waals surface area contributed by atoms with Crippen LogP contribution in [0.2, 0.25) is 0 Å². The van der Waals surface area contributed by atoms with E-state index in [9.17, 15) is 19.1 Å². The van der Waals surface area contributed by atoms with Gasteiger partial charge in [0.15, 0.2) is 5.69 Å². The van der Waals surface area contributed by atoms with Gasteiger partial charge < -0.3 is 25.1 Å². The van der Waals surface area contributed by atoms with Crippen molar-refractivity contribution in [2.75, 3.05) is 13.1 Å². The number of carbonyl (C=O) groups excluding carboxylic acids is 2. The first-order chi connectivity index (χ1) is 10.1. The summed E-state index contributed by atoms with van der Waals surface area (Å²) < 4.78 is 17.7. The fraction of sp³-hybridized carbons (Fsp3) is 0.154. The summed E-state index contributed by atoms with van der Waals surface area (Å²) in [6.45, 7) is 0.0837. The highest BCUT2D eigenvalue weighted by atomic mass is 19.1. The van der Waals surface area contributed by atoms with E-state index in [1.165, 1.54) is 30.5 Å². The van der Waals surface area contributed by atoms with Crippen molar-refractivity contribution in [1.29, 1.82) is 0 Å².